The average molecular weight is 311 g/mol. The molecule has 0 aliphatic carbocycles. The summed E-state index contributed by atoms with van der Waals surface area (Å²) >= 11 is 0. The molecule has 0 fully saturated rings. The first kappa shape index (κ1) is 15.5. The summed E-state index contributed by atoms with van der Waals surface area (Å²) in [6, 6.07) is 4.07. The Morgan fingerprint density at radius 2 is 2.10 bits per heavy atom. The number of sulfonamides is 1. The minimum atomic E-state index is -3.84. The molecule has 2 rings (SSSR count). The maximum Gasteiger partial charge on any atom is 0.268 e. The van der Waals surface area contributed by atoms with E-state index in [1.54, 1.807) is 6.92 Å². The van der Waals surface area contributed by atoms with Crippen molar-refractivity contribution in [2.24, 2.45) is 5.73 Å². The number of benzene rings is 1. The van der Waals surface area contributed by atoms with Gasteiger partial charge in [0.05, 0.1) is 5.56 Å². The Hall–Kier alpha value is -1.93. The normalized spacial score (nSPS) is 15.9. The van der Waals surface area contributed by atoms with Crippen molar-refractivity contribution in [2.45, 2.75) is 18.2 Å². The van der Waals surface area contributed by atoms with Crippen LogP contribution < -0.4 is 11.1 Å². The maximum atomic E-state index is 12.2. The van der Waals surface area contributed by atoms with E-state index in [9.17, 15) is 18.0 Å². The van der Waals surface area contributed by atoms with Crippen molar-refractivity contribution in [1.29, 1.82) is 0 Å². The number of nitrogens with two attached hydrogens (primary N) is 1. The van der Waals surface area contributed by atoms with Gasteiger partial charge >= 0.3 is 0 Å². The molecule has 1 heterocycles. The van der Waals surface area contributed by atoms with Gasteiger partial charge in [-0.1, -0.05) is 0 Å². The van der Waals surface area contributed by atoms with Crippen LogP contribution in [0.1, 0.15) is 34.1 Å². The molecule has 7 nitrogen and oxygen atoms in total. The van der Waals surface area contributed by atoms with Gasteiger partial charge in [-0.15, -0.1) is 0 Å². The van der Waals surface area contributed by atoms with E-state index in [4.69, 9.17) is 5.73 Å². The zero-order valence-corrected chi connectivity index (χ0v) is 12.4. The minimum Gasteiger partial charge on any atom is -0.352 e. The molecule has 1 aliphatic heterocycles. The molecule has 0 bridgehead atoms. The number of carbonyl (C=O) groups excluding carboxylic acids is 2. The van der Waals surface area contributed by atoms with Crippen molar-refractivity contribution in [3.05, 3.63) is 29.3 Å². The van der Waals surface area contributed by atoms with Crippen LogP contribution in [0.4, 0.5) is 0 Å². The third-order valence-electron chi connectivity index (χ3n) is 3.22. The molecule has 1 aliphatic rings. The standard InChI is InChI=1S/C13H17N3O4S/c1-2-16-13(18)10-5-4-9(8-11(10)21(16,19)20)12(17)15-7-3-6-14/h4-5,8H,2-3,6-7,14H2,1H3,(H,15,17). The lowest BCUT2D eigenvalue weighted by Crippen LogP contribution is -2.29. The van der Waals surface area contributed by atoms with Gasteiger partial charge in [-0.2, -0.15) is 0 Å². The summed E-state index contributed by atoms with van der Waals surface area (Å²) in [4.78, 5) is 23.8. The average Bonchev–Trinajstić information content (AvgIpc) is 2.65. The second kappa shape index (κ2) is 5.82. The van der Waals surface area contributed by atoms with Gasteiger partial charge in [0.1, 0.15) is 4.90 Å². The summed E-state index contributed by atoms with van der Waals surface area (Å²) in [6.07, 6.45) is 0.636. The smallest absolute Gasteiger partial charge is 0.268 e. The van der Waals surface area contributed by atoms with Gasteiger partial charge in [-0.05, 0) is 38.1 Å². The Morgan fingerprint density at radius 3 is 2.71 bits per heavy atom. The molecule has 3 N–H and O–H groups in total. The molecular weight excluding hydrogens is 294 g/mol. The number of nitrogens with zero attached hydrogens (tertiary/aromatic N) is 1. The van der Waals surface area contributed by atoms with Gasteiger partial charge in [-0.3, -0.25) is 9.59 Å². The lowest BCUT2D eigenvalue weighted by molar-refractivity contribution is 0.0874. The van der Waals surface area contributed by atoms with Crippen LogP contribution >= 0.6 is 0 Å². The summed E-state index contributed by atoms with van der Waals surface area (Å²) < 4.78 is 25.2. The van der Waals surface area contributed by atoms with Gasteiger partial charge in [0.2, 0.25) is 0 Å². The predicted octanol–water partition coefficient (Wildman–Crippen LogP) is -0.0704. The summed E-state index contributed by atoms with van der Waals surface area (Å²) in [6.45, 7) is 2.52. The largest absolute Gasteiger partial charge is 0.352 e. The molecule has 21 heavy (non-hydrogen) atoms. The second-order valence-electron chi connectivity index (χ2n) is 4.58. The van der Waals surface area contributed by atoms with Crippen LogP contribution in [-0.2, 0) is 10.0 Å². The molecule has 2 amide bonds. The van der Waals surface area contributed by atoms with Crippen LogP contribution in [0.5, 0.6) is 0 Å². The van der Waals surface area contributed by atoms with E-state index in [0.29, 0.717) is 19.5 Å². The molecule has 1 aromatic rings. The molecule has 0 atom stereocenters. The van der Waals surface area contributed by atoms with Gasteiger partial charge in [0, 0.05) is 18.7 Å². The van der Waals surface area contributed by atoms with E-state index in [1.165, 1.54) is 18.2 Å². The summed E-state index contributed by atoms with van der Waals surface area (Å²) in [5.74, 6) is -0.938. The topological polar surface area (TPSA) is 110 Å². The van der Waals surface area contributed by atoms with Crippen molar-refractivity contribution in [2.75, 3.05) is 19.6 Å². The Morgan fingerprint density at radius 1 is 1.38 bits per heavy atom. The Balaban J connectivity index is 2.33. The molecule has 114 valence electrons. The number of carbonyl (C=O) groups is 2. The molecule has 0 unspecified atom stereocenters. The highest BCUT2D eigenvalue weighted by molar-refractivity contribution is 7.90. The Bertz CT molecular complexity index is 685. The molecule has 0 aromatic heterocycles. The van der Waals surface area contributed by atoms with Crippen LogP contribution in [0, 0.1) is 0 Å². The quantitative estimate of drug-likeness (QED) is 0.740. The number of rotatable bonds is 5. The first-order chi connectivity index (χ1) is 9.93. The number of nitrogens with one attached hydrogen (secondary N) is 1. The van der Waals surface area contributed by atoms with E-state index in [1.807, 2.05) is 0 Å². The molecule has 8 heteroatoms. The monoisotopic (exact) mass is 311 g/mol. The lowest BCUT2D eigenvalue weighted by Gasteiger charge is -2.11. The maximum absolute atomic E-state index is 12.2. The zero-order valence-electron chi connectivity index (χ0n) is 11.6. The summed E-state index contributed by atoms with van der Waals surface area (Å²) in [7, 11) is -3.84. The van der Waals surface area contributed by atoms with Gasteiger partial charge in [0.25, 0.3) is 21.8 Å². The Kier molecular flexibility index (Phi) is 4.29. The summed E-state index contributed by atoms with van der Waals surface area (Å²) in [5.41, 5.74) is 5.65. The molecule has 0 spiro atoms. The van der Waals surface area contributed by atoms with Gasteiger partial charge in [0.15, 0.2) is 0 Å². The van der Waals surface area contributed by atoms with E-state index in [-0.39, 0.29) is 28.5 Å². The van der Waals surface area contributed by atoms with Crippen LogP contribution in [0.25, 0.3) is 0 Å². The highest BCUT2D eigenvalue weighted by Gasteiger charge is 2.40. The SMILES string of the molecule is CCN1C(=O)c2ccc(C(=O)NCCCN)cc2S1(=O)=O. The fraction of sp³-hybridized carbons (Fsp3) is 0.385. The van der Waals surface area contributed by atoms with E-state index in [0.717, 1.165) is 4.31 Å². The minimum absolute atomic E-state index is 0.0634. The highest BCUT2D eigenvalue weighted by atomic mass is 32.2. The fourth-order valence-electron chi connectivity index (χ4n) is 2.14. The molecule has 1 aromatic carbocycles. The third kappa shape index (κ3) is 2.64. The Labute approximate surface area is 123 Å². The van der Waals surface area contributed by atoms with Crippen molar-refractivity contribution in [1.82, 2.24) is 9.62 Å². The van der Waals surface area contributed by atoms with E-state index in [2.05, 4.69) is 5.32 Å². The van der Waals surface area contributed by atoms with Crippen molar-refractivity contribution in [3.63, 3.8) is 0 Å². The highest BCUT2D eigenvalue weighted by Crippen LogP contribution is 2.30. The van der Waals surface area contributed by atoms with Crippen LogP contribution in [0.3, 0.4) is 0 Å². The lowest BCUT2D eigenvalue weighted by atomic mass is 10.1. The van der Waals surface area contributed by atoms with Crippen LogP contribution in [0.2, 0.25) is 0 Å². The fourth-order valence-corrected chi connectivity index (χ4v) is 3.74. The molecule has 0 saturated heterocycles. The molecule has 0 saturated carbocycles. The number of fused-ring (bicyclic) bond motifs is 1. The number of amides is 2. The van der Waals surface area contributed by atoms with E-state index < -0.39 is 15.9 Å². The first-order valence-electron chi connectivity index (χ1n) is 6.63. The molecular formula is C13H17N3O4S. The third-order valence-corrected chi connectivity index (χ3v) is 5.12. The number of hydrogen-bond donors (Lipinski definition) is 2. The van der Waals surface area contributed by atoms with Crippen molar-refractivity contribution >= 4 is 21.8 Å². The van der Waals surface area contributed by atoms with Gasteiger partial charge < -0.3 is 11.1 Å². The van der Waals surface area contributed by atoms with Crippen molar-refractivity contribution < 1.29 is 18.0 Å². The zero-order chi connectivity index (χ0) is 15.6. The van der Waals surface area contributed by atoms with Crippen LogP contribution in [-0.4, -0.2) is 44.2 Å². The van der Waals surface area contributed by atoms with Crippen molar-refractivity contribution in [3.8, 4) is 0 Å². The number of hydrogen-bond acceptors (Lipinski definition) is 5. The second-order valence-corrected chi connectivity index (χ2v) is 6.41. The van der Waals surface area contributed by atoms with Crippen LogP contribution in [0.15, 0.2) is 23.1 Å². The predicted molar refractivity (Wildman–Crippen MR) is 76.3 cm³/mol. The van der Waals surface area contributed by atoms with E-state index >= 15 is 0 Å². The summed E-state index contributed by atoms with van der Waals surface area (Å²) in [5, 5.41) is 2.64. The molecule has 0 radical (unpaired) electrons. The first-order valence-corrected chi connectivity index (χ1v) is 8.07. The van der Waals surface area contributed by atoms with Gasteiger partial charge in [-0.25, -0.2) is 12.7 Å².